The highest BCUT2D eigenvalue weighted by Gasteiger charge is 2.08. The molecule has 0 aliphatic carbocycles. The number of methoxy groups -OCH3 is 1. The molecular formula is C21H24FIN4O2. The van der Waals surface area contributed by atoms with Gasteiger partial charge in [0, 0.05) is 37.7 Å². The monoisotopic (exact) mass is 510 g/mol. The smallest absolute Gasteiger partial charge is 0.226 e. The van der Waals surface area contributed by atoms with Gasteiger partial charge in [0.15, 0.2) is 5.96 Å². The van der Waals surface area contributed by atoms with E-state index in [-0.39, 0.29) is 29.8 Å². The van der Waals surface area contributed by atoms with Gasteiger partial charge in [-0.15, -0.1) is 24.0 Å². The highest BCUT2D eigenvalue weighted by atomic mass is 127. The molecule has 0 radical (unpaired) electrons. The molecule has 0 unspecified atom stereocenters. The average Bonchev–Trinajstić information content (AvgIpc) is 3.20. The Morgan fingerprint density at radius 1 is 1.14 bits per heavy atom. The minimum atomic E-state index is -0.285. The van der Waals surface area contributed by atoms with Gasteiger partial charge in [-0.2, -0.15) is 0 Å². The van der Waals surface area contributed by atoms with E-state index in [1.165, 1.54) is 12.1 Å². The maximum absolute atomic E-state index is 13.0. The van der Waals surface area contributed by atoms with Crippen molar-refractivity contribution in [3.05, 3.63) is 71.9 Å². The van der Waals surface area contributed by atoms with Crippen molar-refractivity contribution in [2.24, 2.45) is 4.99 Å². The molecular weight excluding hydrogens is 486 g/mol. The number of hydrogen-bond donors (Lipinski definition) is 2. The van der Waals surface area contributed by atoms with Gasteiger partial charge in [-0.1, -0.05) is 18.2 Å². The summed E-state index contributed by atoms with van der Waals surface area (Å²) in [5.74, 6) is 1.72. The van der Waals surface area contributed by atoms with Gasteiger partial charge in [0.1, 0.15) is 17.8 Å². The fraction of sp³-hybridized carbons (Fsp3) is 0.238. The van der Waals surface area contributed by atoms with Crippen molar-refractivity contribution in [1.82, 2.24) is 15.6 Å². The third kappa shape index (κ3) is 6.45. The standard InChI is InChI=1S/C21H23FN4O2.HI/c1-23-21(25-13-16-5-3-4-6-19(16)27-2)24-12-11-18-14-28-20(26-18)15-7-9-17(22)10-8-15;/h3-10,14H,11-13H2,1-2H3,(H2,23,24,25);1H. The van der Waals surface area contributed by atoms with Crippen LogP contribution in [-0.2, 0) is 13.0 Å². The Balaban J connectivity index is 0.00000300. The van der Waals surface area contributed by atoms with E-state index in [9.17, 15) is 4.39 Å². The first kappa shape index (κ1) is 22.7. The number of guanidine groups is 1. The normalized spacial score (nSPS) is 10.9. The zero-order valence-corrected chi connectivity index (χ0v) is 18.6. The molecule has 0 spiro atoms. The third-order valence-corrected chi connectivity index (χ3v) is 4.18. The van der Waals surface area contributed by atoms with Crippen molar-refractivity contribution in [1.29, 1.82) is 0 Å². The van der Waals surface area contributed by atoms with Crippen molar-refractivity contribution >= 4 is 29.9 Å². The highest BCUT2D eigenvalue weighted by molar-refractivity contribution is 14.0. The lowest BCUT2D eigenvalue weighted by Crippen LogP contribution is -2.37. The van der Waals surface area contributed by atoms with E-state index in [2.05, 4.69) is 20.6 Å². The summed E-state index contributed by atoms with van der Waals surface area (Å²) in [6, 6.07) is 13.9. The van der Waals surface area contributed by atoms with Crippen LogP contribution in [0.1, 0.15) is 11.3 Å². The van der Waals surface area contributed by atoms with Crippen LogP contribution in [0.25, 0.3) is 11.5 Å². The number of aliphatic imine (C=N–C) groups is 1. The zero-order valence-electron chi connectivity index (χ0n) is 16.3. The van der Waals surface area contributed by atoms with E-state index in [1.54, 1.807) is 32.6 Å². The molecule has 0 aliphatic heterocycles. The van der Waals surface area contributed by atoms with E-state index in [0.717, 1.165) is 22.6 Å². The minimum absolute atomic E-state index is 0. The Morgan fingerprint density at radius 3 is 2.62 bits per heavy atom. The summed E-state index contributed by atoms with van der Waals surface area (Å²) in [7, 11) is 3.38. The molecule has 3 rings (SSSR count). The molecule has 3 aromatic rings. The van der Waals surface area contributed by atoms with Crippen LogP contribution in [0.3, 0.4) is 0 Å². The molecule has 0 bridgehead atoms. The van der Waals surface area contributed by atoms with Crippen molar-refractivity contribution in [3.63, 3.8) is 0 Å². The van der Waals surface area contributed by atoms with E-state index in [4.69, 9.17) is 9.15 Å². The SMILES string of the molecule is CN=C(NCCc1coc(-c2ccc(F)cc2)n1)NCc1ccccc1OC.I. The molecule has 0 saturated heterocycles. The maximum atomic E-state index is 13.0. The minimum Gasteiger partial charge on any atom is -0.496 e. The first-order chi connectivity index (χ1) is 13.7. The predicted molar refractivity (Wildman–Crippen MR) is 122 cm³/mol. The summed E-state index contributed by atoms with van der Waals surface area (Å²) in [5.41, 5.74) is 2.61. The number of nitrogens with one attached hydrogen (secondary N) is 2. The van der Waals surface area contributed by atoms with Crippen molar-refractivity contribution in [2.75, 3.05) is 20.7 Å². The number of hydrogen-bond acceptors (Lipinski definition) is 4. The fourth-order valence-electron chi connectivity index (χ4n) is 2.70. The Hall–Kier alpha value is -2.62. The second-order valence-electron chi connectivity index (χ2n) is 6.07. The van der Waals surface area contributed by atoms with Gasteiger partial charge >= 0.3 is 0 Å². The largest absolute Gasteiger partial charge is 0.496 e. The summed E-state index contributed by atoms with van der Waals surface area (Å²) in [4.78, 5) is 8.67. The number of oxazole rings is 1. The summed E-state index contributed by atoms with van der Waals surface area (Å²) in [6.45, 7) is 1.24. The molecule has 0 amide bonds. The molecule has 8 heteroatoms. The number of nitrogens with zero attached hydrogens (tertiary/aromatic N) is 2. The number of rotatable bonds is 7. The van der Waals surface area contributed by atoms with Crippen molar-refractivity contribution in [3.8, 4) is 17.2 Å². The van der Waals surface area contributed by atoms with Crippen LogP contribution in [0.4, 0.5) is 4.39 Å². The number of ether oxygens (including phenoxy) is 1. The van der Waals surface area contributed by atoms with E-state index < -0.39 is 0 Å². The van der Waals surface area contributed by atoms with Crippen LogP contribution in [0.2, 0.25) is 0 Å². The zero-order chi connectivity index (χ0) is 19.8. The van der Waals surface area contributed by atoms with Gasteiger partial charge in [-0.3, -0.25) is 4.99 Å². The Labute approximate surface area is 186 Å². The lowest BCUT2D eigenvalue weighted by Gasteiger charge is -2.13. The molecule has 2 N–H and O–H groups in total. The predicted octanol–water partition coefficient (Wildman–Crippen LogP) is 4.02. The van der Waals surface area contributed by atoms with Crippen LogP contribution >= 0.6 is 24.0 Å². The summed E-state index contributed by atoms with van der Waals surface area (Å²) >= 11 is 0. The van der Waals surface area contributed by atoms with Gasteiger partial charge in [0.2, 0.25) is 5.89 Å². The molecule has 6 nitrogen and oxygen atoms in total. The molecule has 1 aromatic heterocycles. The first-order valence-electron chi connectivity index (χ1n) is 8.96. The van der Waals surface area contributed by atoms with Crippen LogP contribution in [0.5, 0.6) is 5.75 Å². The van der Waals surface area contributed by atoms with Gasteiger partial charge in [0.25, 0.3) is 0 Å². The Bertz CT molecular complexity index is 928. The summed E-state index contributed by atoms with van der Waals surface area (Å²) in [5, 5.41) is 6.51. The lowest BCUT2D eigenvalue weighted by molar-refractivity contribution is 0.409. The molecule has 0 atom stereocenters. The molecule has 0 aliphatic rings. The Kier molecular flexibility index (Phi) is 8.91. The molecule has 1 heterocycles. The number of para-hydroxylation sites is 1. The van der Waals surface area contributed by atoms with Crippen molar-refractivity contribution < 1.29 is 13.5 Å². The van der Waals surface area contributed by atoms with Gasteiger partial charge in [-0.25, -0.2) is 9.37 Å². The fourth-order valence-corrected chi connectivity index (χ4v) is 2.70. The second-order valence-corrected chi connectivity index (χ2v) is 6.07. The number of benzene rings is 2. The number of halogens is 2. The first-order valence-corrected chi connectivity index (χ1v) is 8.96. The molecule has 0 saturated carbocycles. The maximum Gasteiger partial charge on any atom is 0.226 e. The van der Waals surface area contributed by atoms with Gasteiger partial charge in [-0.05, 0) is 30.3 Å². The second kappa shape index (κ2) is 11.4. The van der Waals surface area contributed by atoms with Crippen LogP contribution in [-0.4, -0.2) is 31.6 Å². The summed E-state index contributed by atoms with van der Waals surface area (Å²) in [6.07, 6.45) is 2.28. The van der Waals surface area contributed by atoms with E-state index >= 15 is 0 Å². The molecule has 154 valence electrons. The van der Waals surface area contributed by atoms with Gasteiger partial charge in [0.05, 0.1) is 12.8 Å². The van der Waals surface area contributed by atoms with Crippen molar-refractivity contribution in [2.45, 2.75) is 13.0 Å². The average molecular weight is 510 g/mol. The van der Waals surface area contributed by atoms with Crippen LogP contribution in [0, 0.1) is 5.82 Å². The summed E-state index contributed by atoms with van der Waals surface area (Å²) < 4.78 is 23.9. The van der Waals surface area contributed by atoms with Gasteiger partial charge < -0.3 is 19.8 Å². The Morgan fingerprint density at radius 2 is 1.90 bits per heavy atom. The number of aromatic nitrogens is 1. The quantitative estimate of drug-likeness (QED) is 0.286. The molecule has 2 aromatic carbocycles. The topological polar surface area (TPSA) is 71.7 Å². The highest BCUT2D eigenvalue weighted by Crippen LogP contribution is 2.19. The lowest BCUT2D eigenvalue weighted by atomic mass is 10.2. The van der Waals surface area contributed by atoms with Crippen LogP contribution in [0.15, 0.2) is 64.2 Å². The molecule has 29 heavy (non-hydrogen) atoms. The third-order valence-electron chi connectivity index (χ3n) is 4.18. The molecule has 0 fully saturated rings. The van der Waals surface area contributed by atoms with E-state index in [1.807, 2.05) is 24.3 Å². The van der Waals surface area contributed by atoms with E-state index in [0.29, 0.717) is 31.4 Å². The van der Waals surface area contributed by atoms with Crippen LogP contribution < -0.4 is 15.4 Å².